The predicted octanol–water partition coefficient (Wildman–Crippen LogP) is 7.58. The lowest BCUT2D eigenvalue weighted by Gasteiger charge is -2.27. The number of nitrogens with zero attached hydrogens (tertiary/aromatic N) is 5. The number of nitrogens with one attached hydrogen (secondary N) is 3. The van der Waals surface area contributed by atoms with Crippen LogP contribution in [0.25, 0.3) is 32.6 Å². The van der Waals surface area contributed by atoms with Gasteiger partial charge in [-0.2, -0.15) is 5.26 Å². The molecular formula is C37H36Cl2N8O2S. The first-order chi connectivity index (χ1) is 24.4. The van der Waals surface area contributed by atoms with Gasteiger partial charge in [0.15, 0.2) is 5.82 Å². The third-order valence-electron chi connectivity index (χ3n) is 9.22. The molecule has 50 heavy (non-hydrogen) atoms. The third kappa shape index (κ3) is 7.41. The number of carbonyl (C=O) groups excluding carboxylic acids is 1. The smallest absolute Gasteiger partial charge is 0.220 e. The Balaban J connectivity index is 1.10. The van der Waals surface area contributed by atoms with Crippen LogP contribution in [0, 0.1) is 17.2 Å². The number of carbonyl (C=O) groups is 1. The number of methoxy groups -OCH3 is 1. The Hall–Kier alpha value is -4.31. The zero-order valence-corrected chi connectivity index (χ0v) is 29.8. The summed E-state index contributed by atoms with van der Waals surface area (Å²) in [5.41, 5.74) is 5.36. The molecule has 2 aromatic carbocycles. The number of ether oxygens (including phenoxy) is 1. The molecular weight excluding hydrogens is 691 g/mol. The molecule has 3 aromatic heterocycles. The van der Waals surface area contributed by atoms with E-state index in [9.17, 15) is 10.1 Å². The molecule has 13 heteroatoms. The number of hydrogen-bond donors (Lipinski definition) is 3. The molecule has 5 aromatic rings. The summed E-state index contributed by atoms with van der Waals surface area (Å²) >= 11 is 15.8. The van der Waals surface area contributed by atoms with E-state index in [1.54, 1.807) is 24.6 Å². The van der Waals surface area contributed by atoms with Crippen LogP contribution < -0.4 is 20.7 Å². The number of nitriles is 1. The quantitative estimate of drug-likeness (QED) is 0.126. The number of fused-ring (bicyclic) bond motifs is 1. The summed E-state index contributed by atoms with van der Waals surface area (Å²) in [7, 11) is 1.60. The average Bonchev–Trinajstić information content (AvgIpc) is 3.75. The highest BCUT2D eigenvalue weighted by atomic mass is 35.5. The van der Waals surface area contributed by atoms with Crippen LogP contribution in [0.15, 0.2) is 60.8 Å². The first kappa shape index (κ1) is 34.2. The minimum Gasteiger partial charge on any atom is -0.481 e. The van der Waals surface area contributed by atoms with Gasteiger partial charge in [0.05, 0.1) is 45.9 Å². The number of thiazole rings is 1. The van der Waals surface area contributed by atoms with Crippen LogP contribution in [-0.2, 0) is 17.9 Å². The Kier molecular flexibility index (Phi) is 10.4. The largest absolute Gasteiger partial charge is 0.481 e. The van der Waals surface area contributed by atoms with Crippen LogP contribution in [0.4, 0.5) is 11.5 Å². The maximum absolute atomic E-state index is 11.5. The molecule has 1 atom stereocenters. The third-order valence-corrected chi connectivity index (χ3v) is 11.0. The minimum absolute atomic E-state index is 0.101. The molecule has 0 bridgehead atoms. The number of likely N-dealkylation sites (tertiary alicyclic amines) is 1. The molecule has 2 aliphatic heterocycles. The van der Waals surface area contributed by atoms with E-state index in [2.05, 4.69) is 31.9 Å². The van der Waals surface area contributed by atoms with Crippen molar-refractivity contribution in [1.29, 1.82) is 5.26 Å². The summed E-state index contributed by atoms with van der Waals surface area (Å²) < 4.78 is 6.70. The van der Waals surface area contributed by atoms with Gasteiger partial charge in [-0.15, -0.1) is 11.3 Å². The standard InChI is InChI=1S/C37H36Cl2N8O2S/c1-49-37-23(19-41-20-24-9-11-31(48)43-24)8-10-28(45-37)27-6-2-4-25(33(27)38)26-5-3-7-29(34(26)39)44-36-35-30(12-15-42-36)50-32(46-35)21-47-16-13-22(18-40)14-17-47/h2-8,10,12,15,22,24,41H,9,11,13-14,16-17,19-21H2,1H3,(H,42,44)(H,43,48)/t24-/m1/s1. The number of pyridine rings is 2. The SMILES string of the molecule is COc1nc(-c2cccc(-c3cccc(Nc4nccc5sc(CN6CCC(C#N)CC6)nc45)c3Cl)c2Cl)ccc1CNC[C@H]1CCC(=O)N1. The number of halogens is 2. The summed E-state index contributed by atoms with van der Waals surface area (Å²) in [6.07, 6.45) is 4.99. The summed E-state index contributed by atoms with van der Waals surface area (Å²) in [6, 6.07) is 20.0. The van der Waals surface area contributed by atoms with E-state index in [0.29, 0.717) is 52.6 Å². The molecule has 10 nitrogen and oxygen atoms in total. The first-order valence-electron chi connectivity index (χ1n) is 16.7. The van der Waals surface area contributed by atoms with Crippen LogP contribution in [0.1, 0.15) is 36.3 Å². The molecule has 0 aliphatic carbocycles. The van der Waals surface area contributed by atoms with Crippen molar-refractivity contribution in [2.75, 3.05) is 32.1 Å². The zero-order chi connectivity index (χ0) is 34.6. The number of piperidine rings is 1. The molecule has 3 N–H and O–H groups in total. The normalized spacial score (nSPS) is 16.8. The van der Waals surface area contributed by atoms with Gasteiger partial charge in [-0.25, -0.2) is 15.0 Å². The highest BCUT2D eigenvalue weighted by molar-refractivity contribution is 7.18. The summed E-state index contributed by atoms with van der Waals surface area (Å²) in [4.78, 5) is 28.3. The van der Waals surface area contributed by atoms with E-state index in [1.165, 1.54) is 0 Å². The molecule has 5 heterocycles. The average molecular weight is 728 g/mol. The lowest BCUT2D eigenvalue weighted by atomic mass is 9.99. The lowest BCUT2D eigenvalue weighted by Crippen LogP contribution is -2.35. The van der Waals surface area contributed by atoms with Gasteiger partial charge in [-0.05, 0) is 50.6 Å². The van der Waals surface area contributed by atoms with Crippen molar-refractivity contribution in [3.8, 4) is 34.3 Å². The van der Waals surface area contributed by atoms with E-state index in [-0.39, 0.29) is 17.9 Å². The van der Waals surface area contributed by atoms with Crippen molar-refractivity contribution in [2.45, 2.75) is 44.8 Å². The number of aromatic nitrogens is 3. The monoisotopic (exact) mass is 726 g/mol. The second-order valence-corrected chi connectivity index (χ2v) is 14.4. The molecule has 2 saturated heterocycles. The Morgan fingerprint density at radius 2 is 1.80 bits per heavy atom. The Bertz CT molecular complexity index is 2070. The molecule has 2 aliphatic rings. The van der Waals surface area contributed by atoms with Gasteiger partial charge < -0.3 is 20.7 Å². The first-order valence-corrected chi connectivity index (χ1v) is 18.2. The summed E-state index contributed by atoms with van der Waals surface area (Å²) in [5, 5.41) is 21.1. The zero-order valence-electron chi connectivity index (χ0n) is 27.5. The second-order valence-electron chi connectivity index (χ2n) is 12.6. The molecule has 0 saturated carbocycles. The highest BCUT2D eigenvalue weighted by Gasteiger charge is 2.22. The lowest BCUT2D eigenvalue weighted by molar-refractivity contribution is -0.119. The van der Waals surface area contributed by atoms with Crippen LogP contribution in [0.3, 0.4) is 0 Å². The molecule has 1 amide bonds. The Labute approximate surface area is 304 Å². The minimum atomic E-state index is 0.101. The summed E-state index contributed by atoms with van der Waals surface area (Å²) in [5.74, 6) is 1.39. The van der Waals surface area contributed by atoms with Gasteiger partial charge >= 0.3 is 0 Å². The van der Waals surface area contributed by atoms with Crippen LogP contribution >= 0.6 is 34.5 Å². The molecule has 0 spiro atoms. The van der Waals surface area contributed by atoms with Gasteiger partial charge in [0.1, 0.15) is 10.5 Å². The van der Waals surface area contributed by atoms with Crippen LogP contribution in [0.2, 0.25) is 10.0 Å². The van der Waals surface area contributed by atoms with Gasteiger partial charge in [-0.1, -0.05) is 59.6 Å². The van der Waals surface area contributed by atoms with Gasteiger partial charge in [0.25, 0.3) is 0 Å². The number of hydrogen-bond acceptors (Lipinski definition) is 10. The Morgan fingerprint density at radius 3 is 2.56 bits per heavy atom. The fraction of sp³-hybridized carbons (Fsp3) is 0.324. The number of rotatable bonds is 11. The maximum atomic E-state index is 11.5. The van der Waals surface area contributed by atoms with E-state index in [0.717, 1.165) is 76.4 Å². The fourth-order valence-electron chi connectivity index (χ4n) is 6.52. The second kappa shape index (κ2) is 15.3. The van der Waals surface area contributed by atoms with Crippen molar-refractivity contribution in [3.05, 3.63) is 81.4 Å². The Morgan fingerprint density at radius 1 is 1.02 bits per heavy atom. The van der Waals surface area contributed by atoms with E-state index >= 15 is 0 Å². The topological polar surface area (TPSA) is 128 Å². The summed E-state index contributed by atoms with van der Waals surface area (Å²) in [6.45, 7) is 3.79. The number of benzene rings is 2. The highest BCUT2D eigenvalue weighted by Crippen LogP contribution is 2.42. The fourth-order valence-corrected chi connectivity index (χ4v) is 8.12. The predicted molar refractivity (Wildman–Crippen MR) is 199 cm³/mol. The van der Waals surface area contributed by atoms with Gasteiger partial charge in [-0.3, -0.25) is 9.69 Å². The number of anilines is 2. The molecule has 0 unspecified atom stereocenters. The number of amides is 1. The van der Waals surface area contributed by atoms with Crippen molar-refractivity contribution >= 4 is 62.2 Å². The van der Waals surface area contributed by atoms with Crippen molar-refractivity contribution < 1.29 is 9.53 Å². The van der Waals surface area contributed by atoms with Crippen molar-refractivity contribution in [1.82, 2.24) is 30.5 Å². The molecule has 7 rings (SSSR count). The van der Waals surface area contributed by atoms with Crippen LogP contribution in [-0.4, -0.2) is 58.5 Å². The maximum Gasteiger partial charge on any atom is 0.220 e. The van der Waals surface area contributed by atoms with E-state index in [1.807, 2.05) is 54.6 Å². The molecule has 2 fully saturated rings. The molecule has 256 valence electrons. The van der Waals surface area contributed by atoms with Gasteiger partial charge in [0.2, 0.25) is 11.8 Å². The van der Waals surface area contributed by atoms with Gasteiger partial charge in [0, 0.05) is 59.9 Å². The van der Waals surface area contributed by atoms with E-state index < -0.39 is 0 Å². The van der Waals surface area contributed by atoms with Crippen molar-refractivity contribution in [2.24, 2.45) is 5.92 Å². The van der Waals surface area contributed by atoms with Crippen LogP contribution in [0.5, 0.6) is 5.88 Å². The molecule has 0 radical (unpaired) electrons. The van der Waals surface area contributed by atoms with Crippen molar-refractivity contribution in [3.63, 3.8) is 0 Å². The van der Waals surface area contributed by atoms with E-state index in [4.69, 9.17) is 37.9 Å².